The molecule has 2 heterocycles. The maximum absolute atomic E-state index is 13.2. The van der Waals surface area contributed by atoms with Gasteiger partial charge in [-0.25, -0.2) is 13.6 Å². The van der Waals surface area contributed by atoms with Crippen molar-refractivity contribution < 1.29 is 27.8 Å². The summed E-state index contributed by atoms with van der Waals surface area (Å²) in [6.45, 7) is -0.194. The van der Waals surface area contributed by atoms with Crippen LogP contribution < -0.4 is 10.1 Å². The molecule has 2 aromatic carbocycles. The van der Waals surface area contributed by atoms with Crippen molar-refractivity contribution in [3.63, 3.8) is 0 Å². The van der Waals surface area contributed by atoms with Crippen molar-refractivity contribution >= 4 is 28.9 Å². The van der Waals surface area contributed by atoms with Crippen LogP contribution in [0.15, 0.2) is 48.5 Å². The van der Waals surface area contributed by atoms with Gasteiger partial charge >= 0.3 is 5.97 Å². The molecule has 0 saturated heterocycles. The average Bonchev–Trinajstić information content (AvgIpc) is 3.14. The van der Waals surface area contributed by atoms with Crippen LogP contribution in [0, 0.1) is 11.6 Å². The molecule has 1 amide bonds. The third-order valence-electron chi connectivity index (χ3n) is 4.06. The Morgan fingerprint density at radius 1 is 1.11 bits per heavy atom. The first-order valence-electron chi connectivity index (χ1n) is 8.28. The van der Waals surface area contributed by atoms with E-state index >= 15 is 0 Å². The summed E-state index contributed by atoms with van der Waals surface area (Å²) in [5, 5.41) is 2.34. The van der Waals surface area contributed by atoms with Gasteiger partial charge in [-0.05, 0) is 30.3 Å². The summed E-state index contributed by atoms with van der Waals surface area (Å²) in [5.41, 5.74) is 1.85. The number of amides is 1. The number of carbonyl (C=O) groups excluding carboxylic acids is 2. The highest BCUT2D eigenvalue weighted by molar-refractivity contribution is 7.17. The number of rotatable bonds is 4. The Kier molecular flexibility index (Phi) is 4.79. The van der Waals surface area contributed by atoms with Crippen molar-refractivity contribution in [1.29, 1.82) is 0 Å². The van der Waals surface area contributed by atoms with Crippen LogP contribution in [0.25, 0.3) is 10.4 Å². The molecule has 1 aromatic heterocycles. The fourth-order valence-electron chi connectivity index (χ4n) is 2.77. The number of fused-ring (bicyclic) bond motifs is 3. The molecule has 0 radical (unpaired) electrons. The summed E-state index contributed by atoms with van der Waals surface area (Å²) >= 11 is 1.27. The van der Waals surface area contributed by atoms with Gasteiger partial charge in [0.15, 0.2) is 18.2 Å². The number of esters is 1. The van der Waals surface area contributed by atoms with Gasteiger partial charge in [0, 0.05) is 27.8 Å². The van der Waals surface area contributed by atoms with Crippen LogP contribution in [0.1, 0.15) is 15.2 Å². The first-order valence-corrected chi connectivity index (χ1v) is 9.10. The molecular weight excluding hydrogens is 388 g/mol. The Morgan fingerprint density at radius 3 is 2.75 bits per heavy atom. The summed E-state index contributed by atoms with van der Waals surface area (Å²) in [7, 11) is 0. The highest BCUT2D eigenvalue weighted by Gasteiger charge is 2.23. The Bertz CT molecular complexity index is 1080. The first-order chi connectivity index (χ1) is 13.5. The molecule has 28 heavy (non-hydrogen) atoms. The van der Waals surface area contributed by atoms with E-state index in [2.05, 4.69) is 5.32 Å². The number of carbonyl (C=O) groups is 2. The zero-order valence-electron chi connectivity index (χ0n) is 14.3. The number of nitrogens with one attached hydrogen (secondary N) is 1. The van der Waals surface area contributed by atoms with Crippen LogP contribution in [-0.2, 0) is 16.1 Å². The maximum Gasteiger partial charge on any atom is 0.348 e. The molecular formula is C20H13F2NO4S. The van der Waals surface area contributed by atoms with Gasteiger partial charge in [-0.3, -0.25) is 4.79 Å². The average molecular weight is 401 g/mol. The fourth-order valence-corrected chi connectivity index (χ4v) is 3.86. The standard InChI is InChI=1S/C20H13F2NO4S/c21-14-6-5-12(8-15(14)22)23-18(24)10-27-20(25)17-7-11-9-26-16-4-2-1-3-13(16)19(11)28-17/h1-8H,9-10H2,(H,23,24). The number of halogens is 2. The lowest BCUT2D eigenvalue weighted by atomic mass is 10.1. The van der Waals surface area contributed by atoms with Crippen LogP contribution in [-0.4, -0.2) is 18.5 Å². The lowest BCUT2D eigenvalue weighted by Gasteiger charge is -2.16. The maximum atomic E-state index is 13.2. The van der Waals surface area contributed by atoms with Gasteiger partial charge in [0.2, 0.25) is 0 Å². The largest absolute Gasteiger partial charge is 0.488 e. The number of thiophene rings is 1. The quantitative estimate of drug-likeness (QED) is 0.659. The van der Waals surface area contributed by atoms with Gasteiger partial charge in [-0.15, -0.1) is 11.3 Å². The van der Waals surface area contributed by atoms with Gasteiger partial charge < -0.3 is 14.8 Å². The molecule has 0 aliphatic carbocycles. The third-order valence-corrected chi connectivity index (χ3v) is 5.25. The molecule has 0 spiro atoms. The lowest BCUT2D eigenvalue weighted by molar-refractivity contribution is -0.119. The molecule has 0 unspecified atom stereocenters. The molecule has 0 saturated carbocycles. The Labute approximate surface area is 162 Å². The van der Waals surface area contributed by atoms with Gasteiger partial charge in [0.1, 0.15) is 17.2 Å². The van der Waals surface area contributed by atoms with E-state index in [1.807, 2.05) is 24.3 Å². The second-order valence-corrected chi connectivity index (χ2v) is 7.06. The van der Waals surface area contributed by atoms with Crippen molar-refractivity contribution in [3.05, 3.63) is 70.6 Å². The van der Waals surface area contributed by atoms with Crippen molar-refractivity contribution in [2.24, 2.45) is 0 Å². The number of benzene rings is 2. The molecule has 0 atom stereocenters. The van der Waals surface area contributed by atoms with Crippen molar-refractivity contribution in [1.82, 2.24) is 0 Å². The van der Waals surface area contributed by atoms with E-state index in [4.69, 9.17) is 9.47 Å². The van der Waals surface area contributed by atoms with Crippen LogP contribution in [0.3, 0.4) is 0 Å². The number of ether oxygens (including phenoxy) is 2. The van der Waals surface area contributed by atoms with Crippen molar-refractivity contribution in [3.8, 4) is 16.2 Å². The van der Waals surface area contributed by atoms with E-state index in [0.717, 1.165) is 33.9 Å². The Balaban J connectivity index is 1.40. The predicted octanol–water partition coefficient (Wildman–Crippen LogP) is 4.38. The molecule has 0 bridgehead atoms. The molecule has 1 aliphatic rings. The molecule has 0 fully saturated rings. The van der Waals surface area contributed by atoms with Crippen molar-refractivity contribution in [2.45, 2.75) is 6.61 Å². The SMILES string of the molecule is O=C(COC(=O)c1cc2c(s1)-c1ccccc1OC2)Nc1ccc(F)c(F)c1. The summed E-state index contributed by atoms with van der Waals surface area (Å²) in [5.74, 6) is -2.65. The van der Waals surface area contributed by atoms with Gasteiger partial charge in [-0.2, -0.15) is 0 Å². The predicted molar refractivity (Wildman–Crippen MR) is 99.4 cm³/mol. The highest BCUT2D eigenvalue weighted by atomic mass is 32.1. The second-order valence-electron chi connectivity index (χ2n) is 6.00. The molecule has 5 nitrogen and oxygen atoms in total. The van der Waals surface area contributed by atoms with E-state index < -0.39 is 30.1 Å². The van der Waals surface area contributed by atoms with E-state index in [-0.39, 0.29) is 5.69 Å². The number of hydrogen-bond acceptors (Lipinski definition) is 5. The Morgan fingerprint density at radius 2 is 1.93 bits per heavy atom. The summed E-state index contributed by atoms with van der Waals surface area (Å²) in [6.07, 6.45) is 0. The van der Waals surface area contributed by atoms with Crippen LogP contribution in [0.5, 0.6) is 5.75 Å². The lowest BCUT2D eigenvalue weighted by Crippen LogP contribution is -2.20. The van der Waals surface area contributed by atoms with Gasteiger partial charge in [0.05, 0.1) is 0 Å². The highest BCUT2D eigenvalue weighted by Crippen LogP contribution is 2.42. The molecule has 3 aromatic rings. The van der Waals surface area contributed by atoms with Gasteiger partial charge in [-0.1, -0.05) is 12.1 Å². The van der Waals surface area contributed by atoms with E-state index in [1.165, 1.54) is 17.4 Å². The summed E-state index contributed by atoms with van der Waals surface area (Å²) < 4.78 is 36.8. The first kappa shape index (κ1) is 18.1. The van der Waals surface area contributed by atoms with E-state index in [1.54, 1.807) is 6.07 Å². The monoisotopic (exact) mass is 401 g/mol. The molecule has 1 aliphatic heterocycles. The minimum Gasteiger partial charge on any atom is -0.488 e. The number of hydrogen-bond donors (Lipinski definition) is 1. The summed E-state index contributed by atoms with van der Waals surface area (Å²) in [6, 6.07) is 12.2. The number of anilines is 1. The van der Waals surface area contributed by atoms with Gasteiger partial charge in [0.25, 0.3) is 5.91 Å². The zero-order valence-corrected chi connectivity index (χ0v) is 15.1. The topological polar surface area (TPSA) is 64.6 Å². The minimum atomic E-state index is -1.08. The van der Waals surface area contributed by atoms with E-state index in [0.29, 0.717) is 11.5 Å². The fraction of sp³-hybridized carbons (Fsp3) is 0.100. The van der Waals surface area contributed by atoms with Crippen molar-refractivity contribution in [2.75, 3.05) is 11.9 Å². The second kappa shape index (κ2) is 7.40. The molecule has 4 rings (SSSR count). The Hall–Kier alpha value is -3.26. The minimum absolute atomic E-state index is 0.0697. The zero-order chi connectivity index (χ0) is 19.7. The summed E-state index contributed by atoms with van der Waals surface area (Å²) in [4.78, 5) is 25.5. The van der Waals surface area contributed by atoms with Crippen LogP contribution in [0.4, 0.5) is 14.5 Å². The van der Waals surface area contributed by atoms with Crippen LogP contribution >= 0.6 is 11.3 Å². The normalized spacial score (nSPS) is 11.8. The number of para-hydroxylation sites is 1. The van der Waals surface area contributed by atoms with E-state index in [9.17, 15) is 18.4 Å². The van der Waals surface area contributed by atoms with Crippen LogP contribution in [0.2, 0.25) is 0 Å². The smallest absolute Gasteiger partial charge is 0.348 e. The molecule has 8 heteroatoms. The molecule has 142 valence electrons. The molecule has 1 N–H and O–H groups in total. The third kappa shape index (κ3) is 3.59.